The van der Waals surface area contributed by atoms with Gasteiger partial charge in [-0.2, -0.15) is 0 Å². The zero-order valence-electron chi connectivity index (χ0n) is 13.5. The van der Waals surface area contributed by atoms with Crippen molar-refractivity contribution in [1.29, 1.82) is 0 Å². The fraction of sp³-hybridized carbons (Fsp3) is 0.211. The fourth-order valence-corrected chi connectivity index (χ4v) is 2.38. The van der Waals surface area contributed by atoms with Crippen molar-refractivity contribution in [3.05, 3.63) is 67.1 Å². The van der Waals surface area contributed by atoms with Crippen molar-refractivity contribution in [2.45, 2.75) is 12.6 Å². The van der Waals surface area contributed by atoms with Crippen LogP contribution in [0.15, 0.2) is 67.1 Å². The maximum absolute atomic E-state index is 10.1. The highest BCUT2D eigenvalue weighted by atomic mass is 16.5. The van der Waals surface area contributed by atoms with E-state index >= 15 is 0 Å². The summed E-state index contributed by atoms with van der Waals surface area (Å²) in [4.78, 5) is 4.37. The molecule has 0 amide bonds. The van der Waals surface area contributed by atoms with Gasteiger partial charge in [-0.1, -0.05) is 30.3 Å². The van der Waals surface area contributed by atoms with Gasteiger partial charge in [0, 0.05) is 11.8 Å². The summed E-state index contributed by atoms with van der Waals surface area (Å²) in [5, 5.41) is 10.1. The minimum Gasteiger partial charge on any atom is -0.497 e. The predicted molar refractivity (Wildman–Crippen MR) is 92.2 cm³/mol. The van der Waals surface area contributed by atoms with Gasteiger partial charge in [0.25, 0.3) is 0 Å². The number of aromatic nitrogens is 2. The molecule has 24 heavy (non-hydrogen) atoms. The number of ether oxygens (including phenoxy) is 2. The lowest BCUT2D eigenvalue weighted by molar-refractivity contribution is 0.0924. The Balaban J connectivity index is 1.53. The summed E-state index contributed by atoms with van der Waals surface area (Å²) in [5.41, 5.74) is 1.94. The number of nitrogens with zero attached hydrogens (tertiary/aromatic N) is 2. The van der Waals surface area contributed by atoms with Crippen LogP contribution in [0.2, 0.25) is 0 Å². The third-order valence-corrected chi connectivity index (χ3v) is 3.63. The number of benzene rings is 2. The molecular formula is C19H20N2O3. The lowest BCUT2D eigenvalue weighted by Gasteiger charge is -2.13. The van der Waals surface area contributed by atoms with Crippen LogP contribution in [0.4, 0.5) is 0 Å². The first-order valence-corrected chi connectivity index (χ1v) is 7.77. The molecule has 3 aromatic rings. The minimum atomic E-state index is -0.620. The number of methoxy groups -OCH3 is 1. The van der Waals surface area contributed by atoms with Crippen molar-refractivity contribution in [1.82, 2.24) is 9.55 Å². The van der Waals surface area contributed by atoms with E-state index in [1.54, 1.807) is 13.4 Å². The molecule has 0 aliphatic rings. The predicted octanol–water partition coefficient (Wildman–Crippen LogP) is 3.00. The van der Waals surface area contributed by atoms with Gasteiger partial charge >= 0.3 is 0 Å². The van der Waals surface area contributed by atoms with E-state index in [-0.39, 0.29) is 6.61 Å². The SMILES string of the molecule is COc1ccc(OC[C@@H](O)Cn2cnc(-c3ccccc3)c2)cc1. The topological polar surface area (TPSA) is 56.5 Å². The summed E-state index contributed by atoms with van der Waals surface area (Å²) in [6.07, 6.45) is 3.02. The van der Waals surface area contributed by atoms with E-state index in [9.17, 15) is 5.11 Å². The van der Waals surface area contributed by atoms with Gasteiger partial charge in [-0.25, -0.2) is 4.98 Å². The number of aliphatic hydroxyl groups is 1. The van der Waals surface area contributed by atoms with Gasteiger partial charge < -0.3 is 19.1 Å². The third kappa shape index (κ3) is 4.14. The Kier molecular flexibility index (Phi) is 5.13. The maximum Gasteiger partial charge on any atom is 0.119 e. The van der Waals surface area contributed by atoms with Crippen LogP contribution in [0.5, 0.6) is 11.5 Å². The molecule has 1 heterocycles. The van der Waals surface area contributed by atoms with Gasteiger partial charge in [0.2, 0.25) is 0 Å². The van der Waals surface area contributed by atoms with E-state index in [1.807, 2.05) is 65.4 Å². The van der Waals surface area contributed by atoms with Crippen molar-refractivity contribution in [3.8, 4) is 22.8 Å². The summed E-state index contributed by atoms with van der Waals surface area (Å²) in [6, 6.07) is 17.2. The number of hydrogen-bond acceptors (Lipinski definition) is 4. The van der Waals surface area contributed by atoms with Crippen LogP contribution in [-0.4, -0.2) is 34.5 Å². The summed E-state index contributed by atoms with van der Waals surface area (Å²) >= 11 is 0. The molecule has 0 aliphatic heterocycles. The standard InChI is InChI=1S/C19H20N2O3/c1-23-17-7-9-18(10-8-17)24-13-16(22)11-21-12-19(20-14-21)15-5-3-2-4-6-15/h2-10,12,14,16,22H,11,13H2,1H3/t16-/m0/s1. The molecule has 0 saturated heterocycles. The molecule has 0 radical (unpaired) electrons. The van der Waals surface area contributed by atoms with Gasteiger partial charge in [-0.3, -0.25) is 0 Å². The Labute approximate surface area is 141 Å². The molecule has 1 aromatic heterocycles. The average molecular weight is 324 g/mol. The molecule has 124 valence electrons. The normalized spacial score (nSPS) is 11.9. The molecule has 5 nitrogen and oxygen atoms in total. The molecule has 0 bridgehead atoms. The molecule has 1 N–H and O–H groups in total. The lowest BCUT2D eigenvalue weighted by atomic mass is 10.2. The van der Waals surface area contributed by atoms with Crippen molar-refractivity contribution in [3.63, 3.8) is 0 Å². The molecule has 0 saturated carbocycles. The molecule has 0 fully saturated rings. The summed E-state index contributed by atoms with van der Waals surface area (Å²) in [6.45, 7) is 0.640. The summed E-state index contributed by atoms with van der Waals surface area (Å²) in [7, 11) is 1.62. The van der Waals surface area contributed by atoms with Gasteiger partial charge in [0.15, 0.2) is 0 Å². The van der Waals surface area contributed by atoms with E-state index in [0.717, 1.165) is 17.0 Å². The first-order valence-electron chi connectivity index (χ1n) is 7.77. The monoisotopic (exact) mass is 324 g/mol. The van der Waals surface area contributed by atoms with Crippen molar-refractivity contribution < 1.29 is 14.6 Å². The molecule has 1 atom stereocenters. The van der Waals surface area contributed by atoms with Crippen LogP contribution in [0.3, 0.4) is 0 Å². The van der Waals surface area contributed by atoms with Crippen LogP contribution in [0, 0.1) is 0 Å². The molecule has 5 heteroatoms. The van der Waals surface area contributed by atoms with Gasteiger partial charge in [-0.05, 0) is 24.3 Å². The minimum absolute atomic E-state index is 0.213. The number of rotatable bonds is 7. The van der Waals surface area contributed by atoms with Crippen LogP contribution >= 0.6 is 0 Å². The molecule has 0 unspecified atom stereocenters. The number of imidazole rings is 1. The van der Waals surface area contributed by atoms with Crippen LogP contribution in [0.1, 0.15) is 0 Å². The van der Waals surface area contributed by atoms with E-state index in [1.165, 1.54) is 0 Å². The zero-order chi connectivity index (χ0) is 16.8. The Morgan fingerprint density at radius 3 is 2.46 bits per heavy atom. The lowest BCUT2D eigenvalue weighted by Crippen LogP contribution is -2.22. The number of hydrogen-bond donors (Lipinski definition) is 1. The molecule has 0 spiro atoms. The van der Waals surface area contributed by atoms with Gasteiger partial charge in [0.05, 0.1) is 25.7 Å². The van der Waals surface area contributed by atoms with Gasteiger partial charge in [0.1, 0.15) is 24.2 Å². The third-order valence-electron chi connectivity index (χ3n) is 3.63. The average Bonchev–Trinajstić information content (AvgIpc) is 3.09. The smallest absolute Gasteiger partial charge is 0.119 e. The van der Waals surface area contributed by atoms with Crippen molar-refractivity contribution in [2.24, 2.45) is 0 Å². The Bertz CT molecular complexity index is 754. The van der Waals surface area contributed by atoms with Crippen molar-refractivity contribution >= 4 is 0 Å². The largest absolute Gasteiger partial charge is 0.497 e. The quantitative estimate of drug-likeness (QED) is 0.726. The maximum atomic E-state index is 10.1. The highest BCUT2D eigenvalue weighted by Gasteiger charge is 2.08. The van der Waals surface area contributed by atoms with E-state index in [2.05, 4.69) is 4.98 Å². The molecule has 3 rings (SSSR count). The Hall–Kier alpha value is -2.79. The fourth-order valence-electron chi connectivity index (χ4n) is 2.38. The van der Waals surface area contributed by atoms with Crippen molar-refractivity contribution in [2.75, 3.05) is 13.7 Å². The van der Waals surface area contributed by atoms with E-state index < -0.39 is 6.10 Å². The highest BCUT2D eigenvalue weighted by molar-refractivity contribution is 5.57. The molecular weight excluding hydrogens is 304 g/mol. The first kappa shape index (κ1) is 16.1. The summed E-state index contributed by atoms with van der Waals surface area (Å²) in [5.74, 6) is 1.47. The van der Waals surface area contributed by atoms with E-state index in [4.69, 9.17) is 9.47 Å². The van der Waals surface area contributed by atoms with Crippen LogP contribution in [-0.2, 0) is 6.54 Å². The second-order valence-corrected chi connectivity index (χ2v) is 5.46. The molecule has 0 aliphatic carbocycles. The zero-order valence-corrected chi connectivity index (χ0v) is 13.5. The first-order chi connectivity index (χ1) is 11.7. The molecule has 2 aromatic carbocycles. The summed E-state index contributed by atoms with van der Waals surface area (Å²) < 4.78 is 12.6. The Morgan fingerprint density at radius 2 is 1.75 bits per heavy atom. The highest BCUT2D eigenvalue weighted by Crippen LogP contribution is 2.18. The van der Waals surface area contributed by atoms with E-state index in [0.29, 0.717) is 12.3 Å². The van der Waals surface area contributed by atoms with Crippen LogP contribution < -0.4 is 9.47 Å². The number of aliphatic hydroxyl groups excluding tert-OH is 1. The van der Waals surface area contributed by atoms with Crippen LogP contribution in [0.25, 0.3) is 11.3 Å². The Morgan fingerprint density at radius 1 is 1.04 bits per heavy atom. The second kappa shape index (κ2) is 7.66. The second-order valence-electron chi connectivity index (χ2n) is 5.46. The van der Waals surface area contributed by atoms with Gasteiger partial charge in [-0.15, -0.1) is 0 Å².